The summed E-state index contributed by atoms with van der Waals surface area (Å²) >= 11 is 0. The van der Waals surface area contributed by atoms with E-state index < -0.39 is 0 Å². The lowest BCUT2D eigenvalue weighted by Crippen LogP contribution is -2.37. The van der Waals surface area contributed by atoms with Crippen LogP contribution in [0.2, 0.25) is 0 Å². The molecule has 16 heavy (non-hydrogen) atoms. The van der Waals surface area contributed by atoms with Gasteiger partial charge in [-0.05, 0) is 50.1 Å². The second-order valence-electron chi connectivity index (χ2n) is 4.92. The van der Waals surface area contributed by atoms with E-state index in [9.17, 15) is 0 Å². The van der Waals surface area contributed by atoms with Crippen molar-refractivity contribution in [1.82, 2.24) is 4.98 Å². The summed E-state index contributed by atoms with van der Waals surface area (Å²) in [7, 11) is 0. The Morgan fingerprint density at radius 3 is 3.00 bits per heavy atom. The Labute approximate surface area is 96.0 Å². The summed E-state index contributed by atoms with van der Waals surface area (Å²) in [5, 5.41) is 0. The zero-order chi connectivity index (χ0) is 11.0. The molecule has 0 unspecified atom stereocenters. The maximum absolute atomic E-state index is 5.84. The average Bonchev–Trinajstić information content (AvgIpc) is 2.69. The average molecular weight is 218 g/mol. The van der Waals surface area contributed by atoms with Gasteiger partial charge in [-0.1, -0.05) is 6.07 Å². The molecular weight excluding hydrogens is 200 g/mol. The molecule has 0 saturated heterocycles. The Morgan fingerprint density at radius 2 is 2.19 bits per heavy atom. The number of hydrogen-bond donors (Lipinski definition) is 1. The van der Waals surface area contributed by atoms with Gasteiger partial charge in [-0.3, -0.25) is 0 Å². The molecule has 0 bridgehead atoms. The molecule has 1 heterocycles. The molecule has 1 saturated carbocycles. The van der Waals surface area contributed by atoms with Gasteiger partial charge in [0.05, 0.1) is 0 Å². The highest BCUT2D eigenvalue weighted by Crippen LogP contribution is 2.31. The highest BCUT2D eigenvalue weighted by Gasteiger charge is 2.30. The van der Waals surface area contributed by atoms with Gasteiger partial charge >= 0.3 is 0 Å². The largest absolute Gasteiger partial charge is 0.474 e. The second-order valence-corrected chi connectivity index (χ2v) is 4.92. The molecule has 2 aliphatic carbocycles. The molecule has 1 aromatic rings. The summed E-state index contributed by atoms with van der Waals surface area (Å²) in [5.41, 5.74) is 8.24. The molecule has 2 aliphatic rings. The number of pyridine rings is 1. The third kappa shape index (κ3) is 1.80. The molecule has 1 fully saturated rings. The summed E-state index contributed by atoms with van der Waals surface area (Å²) in [6.07, 6.45) is 6.07. The van der Waals surface area contributed by atoms with E-state index in [1.54, 1.807) is 0 Å². The maximum Gasteiger partial charge on any atom is 0.213 e. The highest BCUT2D eigenvalue weighted by atomic mass is 16.5. The van der Waals surface area contributed by atoms with Crippen molar-refractivity contribution in [2.24, 2.45) is 11.7 Å². The van der Waals surface area contributed by atoms with E-state index in [4.69, 9.17) is 10.5 Å². The van der Waals surface area contributed by atoms with Gasteiger partial charge in [0.2, 0.25) is 5.88 Å². The van der Waals surface area contributed by atoms with E-state index in [0.29, 0.717) is 12.0 Å². The number of nitrogens with two attached hydrogens (primary N) is 1. The Balaban J connectivity index is 1.63. The highest BCUT2D eigenvalue weighted by molar-refractivity contribution is 5.29. The van der Waals surface area contributed by atoms with Crippen LogP contribution in [0.4, 0.5) is 0 Å². The van der Waals surface area contributed by atoms with Crippen molar-refractivity contribution < 1.29 is 4.74 Å². The summed E-state index contributed by atoms with van der Waals surface area (Å²) in [6.45, 7) is 0.789. The van der Waals surface area contributed by atoms with Gasteiger partial charge in [-0.25, -0.2) is 4.98 Å². The van der Waals surface area contributed by atoms with Crippen LogP contribution in [0.1, 0.15) is 30.5 Å². The third-order valence-electron chi connectivity index (χ3n) is 3.72. The van der Waals surface area contributed by atoms with Crippen molar-refractivity contribution in [2.45, 2.75) is 38.2 Å². The first-order valence-electron chi connectivity index (χ1n) is 6.20. The molecule has 0 aromatic carbocycles. The molecule has 0 atom stereocenters. The lowest BCUT2D eigenvalue weighted by atomic mass is 9.82. The number of ether oxygens (including phenoxy) is 1. The molecule has 0 amide bonds. The number of nitrogens with zero attached hydrogens (tertiary/aromatic N) is 1. The molecule has 1 aromatic heterocycles. The van der Waals surface area contributed by atoms with Gasteiger partial charge in [0.15, 0.2) is 0 Å². The smallest absolute Gasteiger partial charge is 0.213 e. The Kier molecular flexibility index (Phi) is 2.56. The van der Waals surface area contributed by atoms with Crippen LogP contribution in [0, 0.1) is 5.92 Å². The Hall–Kier alpha value is -1.09. The molecule has 86 valence electrons. The zero-order valence-corrected chi connectivity index (χ0v) is 9.48. The molecule has 3 heteroatoms. The van der Waals surface area contributed by atoms with Crippen molar-refractivity contribution in [2.75, 3.05) is 6.54 Å². The first-order chi connectivity index (χ1) is 7.85. The number of rotatable bonds is 3. The summed E-state index contributed by atoms with van der Waals surface area (Å²) < 4.78 is 5.84. The van der Waals surface area contributed by atoms with Gasteiger partial charge in [0, 0.05) is 11.8 Å². The minimum absolute atomic E-state index is 0.348. The maximum atomic E-state index is 5.84. The molecule has 2 N–H and O–H groups in total. The fourth-order valence-corrected chi connectivity index (χ4v) is 2.60. The Bertz CT molecular complexity index is 386. The molecule has 3 rings (SSSR count). The fraction of sp³-hybridized carbons (Fsp3) is 0.615. The first kappa shape index (κ1) is 10.1. The van der Waals surface area contributed by atoms with Crippen molar-refractivity contribution in [3.63, 3.8) is 0 Å². The van der Waals surface area contributed by atoms with Crippen molar-refractivity contribution >= 4 is 0 Å². The van der Waals surface area contributed by atoms with E-state index >= 15 is 0 Å². The summed E-state index contributed by atoms with van der Waals surface area (Å²) in [4.78, 5) is 4.57. The SMILES string of the molecule is NCC1CC(Oc2ccc3c(n2)CCC3)C1. The monoisotopic (exact) mass is 218 g/mol. The van der Waals surface area contributed by atoms with Crippen LogP contribution < -0.4 is 10.5 Å². The van der Waals surface area contributed by atoms with E-state index in [1.807, 2.05) is 6.07 Å². The topological polar surface area (TPSA) is 48.1 Å². The molecular formula is C13H18N2O. The standard InChI is InChI=1S/C13H18N2O/c14-8-9-6-11(7-9)16-13-5-4-10-2-1-3-12(10)15-13/h4-5,9,11H,1-3,6-8,14H2. The molecule has 3 nitrogen and oxygen atoms in total. The van der Waals surface area contributed by atoms with Gasteiger partial charge in [0.25, 0.3) is 0 Å². The molecule has 0 radical (unpaired) electrons. The summed E-state index contributed by atoms with van der Waals surface area (Å²) in [6, 6.07) is 4.18. The van der Waals surface area contributed by atoms with Gasteiger partial charge in [-0.2, -0.15) is 0 Å². The quantitative estimate of drug-likeness (QED) is 0.839. The fourth-order valence-electron chi connectivity index (χ4n) is 2.60. The van der Waals surface area contributed by atoms with E-state index in [-0.39, 0.29) is 0 Å². The van der Waals surface area contributed by atoms with E-state index in [1.165, 1.54) is 24.1 Å². The predicted octanol–water partition coefficient (Wildman–Crippen LogP) is 1.69. The van der Waals surface area contributed by atoms with E-state index in [2.05, 4.69) is 11.1 Å². The Morgan fingerprint density at radius 1 is 1.31 bits per heavy atom. The predicted molar refractivity (Wildman–Crippen MR) is 62.5 cm³/mol. The first-order valence-corrected chi connectivity index (χ1v) is 6.20. The van der Waals surface area contributed by atoms with Crippen molar-refractivity contribution in [1.29, 1.82) is 0 Å². The van der Waals surface area contributed by atoms with Gasteiger partial charge < -0.3 is 10.5 Å². The second kappa shape index (κ2) is 4.06. The van der Waals surface area contributed by atoms with Crippen LogP contribution in [0.15, 0.2) is 12.1 Å². The lowest BCUT2D eigenvalue weighted by molar-refractivity contribution is 0.0647. The zero-order valence-electron chi connectivity index (χ0n) is 9.48. The van der Waals surface area contributed by atoms with Crippen LogP contribution in [-0.2, 0) is 12.8 Å². The minimum atomic E-state index is 0.348. The van der Waals surface area contributed by atoms with Crippen LogP contribution >= 0.6 is 0 Å². The number of aromatic nitrogens is 1. The normalized spacial score (nSPS) is 27.3. The van der Waals surface area contributed by atoms with E-state index in [0.717, 1.165) is 31.7 Å². The lowest BCUT2D eigenvalue weighted by Gasteiger charge is -2.34. The van der Waals surface area contributed by atoms with Gasteiger partial charge in [-0.15, -0.1) is 0 Å². The number of hydrogen-bond acceptors (Lipinski definition) is 3. The van der Waals surface area contributed by atoms with Crippen LogP contribution in [-0.4, -0.2) is 17.6 Å². The molecule has 0 aliphatic heterocycles. The molecule has 0 spiro atoms. The summed E-state index contributed by atoms with van der Waals surface area (Å²) in [5.74, 6) is 1.47. The van der Waals surface area contributed by atoms with Crippen LogP contribution in [0.3, 0.4) is 0 Å². The van der Waals surface area contributed by atoms with Gasteiger partial charge in [0.1, 0.15) is 6.10 Å². The number of fused-ring (bicyclic) bond motifs is 1. The van der Waals surface area contributed by atoms with Crippen molar-refractivity contribution in [3.8, 4) is 5.88 Å². The van der Waals surface area contributed by atoms with Crippen LogP contribution in [0.5, 0.6) is 5.88 Å². The van der Waals surface area contributed by atoms with Crippen LogP contribution in [0.25, 0.3) is 0 Å². The van der Waals surface area contributed by atoms with Crippen molar-refractivity contribution in [3.05, 3.63) is 23.4 Å². The third-order valence-corrected chi connectivity index (χ3v) is 3.72. The number of aryl methyl sites for hydroxylation is 2. The minimum Gasteiger partial charge on any atom is -0.474 e.